The summed E-state index contributed by atoms with van der Waals surface area (Å²) in [7, 11) is 4.39. The van der Waals surface area contributed by atoms with Crippen LogP contribution in [0, 0.1) is 0 Å². The zero-order chi connectivity index (χ0) is 15.2. The Morgan fingerprint density at radius 2 is 1.75 bits per heavy atom. The maximum Gasteiger partial charge on any atom is 0.322 e. The van der Waals surface area contributed by atoms with Crippen LogP contribution in [-0.2, 0) is 30.4 Å². The van der Waals surface area contributed by atoms with E-state index in [2.05, 4.69) is 5.32 Å². The molecule has 0 spiro atoms. The molecule has 1 aromatic rings. The van der Waals surface area contributed by atoms with E-state index in [1.54, 1.807) is 6.92 Å². The molecule has 0 aliphatic heterocycles. The molecule has 20 heavy (non-hydrogen) atoms. The van der Waals surface area contributed by atoms with Gasteiger partial charge in [-0.3, -0.25) is 10.1 Å². The van der Waals surface area contributed by atoms with Crippen LogP contribution in [0.2, 0.25) is 0 Å². The molecule has 1 rings (SSSR count). The maximum absolute atomic E-state index is 11.6. The number of rotatable bonds is 7. The first kappa shape index (κ1) is 17.3. The Hall–Kier alpha value is -0.780. The van der Waals surface area contributed by atoms with Crippen LogP contribution in [0.5, 0.6) is 0 Å². The van der Waals surface area contributed by atoms with Crippen LogP contribution in [-0.4, -0.2) is 33.3 Å². The molecule has 0 saturated carbocycles. The van der Waals surface area contributed by atoms with Gasteiger partial charge in [0.25, 0.3) is 0 Å². The summed E-state index contributed by atoms with van der Waals surface area (Å²) in [6.07, 6.45) is 0. The van der Waals surface area contributed by atoms with Crippen molar-refractivity contribution in [2.24, 2.45) is 0 Å². The Morgan fingerprint density at radius 3 is 2.20 bits per heavy atom. The third kappa shape index (κ3) is 4.11. The lowest BCUT2D eigenvalue weighted by molar-refractivity contribution is -0.142. The van der Waals surface area contributed by atoms with E-state index in [-0.39, 0.29) is 11.8 Å². The highest BCUT2D eigenvalue weighted by Gasteiger charge is 2.33. The summed E-state index contributed by atoms with van der Waals surface area (Å²) in [5.41, 5.74) is 0.912. The van der Waals surface area contributed by atoms with Crippen molar-refractivity contribution in [3.8, 4) is 0 Å². The quantitative estimate of drug-likeness (QED) is 0.616. The largest absolute Gasteiger partial charge is 0.468 e. The van der Waals surface area contributed by atoms with Gasteiger partial charge in [0.15, 0.2) is 0 Å². The summed E-state index contributed by atoms with van der Waals surface area (Å²) in [5.74, 6) is -0.748. The molecule has 112 valence electrons. The Kier molecular flexibility index (Phi) is 6.79. The van der Waals surface area contributed by atoms with Crippen molar-refractivity contribution < 1.29 is 18.6 Å². The Labute approximate surface area is 124 Å². The van der Waals surface area contributed by atoms with Gasteiger partial charge in [0, 0.05) is 14.2 Å². The van der Waals surface area contributed by atoms with Crippen molar-refractivity contribution in [2.75, 3.05) is 21.3 Å². The van der Waals surface area contributed by atoms with Crippen molar-refractivity contribution in [3.05, 3.63) is 35.9 Å². The number of nitrogens with one attached hydrogen (secondary N) is 1. The molecular weight excluding hydrogens is 297 g/mol. The SMILES string of the molecule is COC(=O)C(C)NC(c1ccccc1)P(=S)(OC)OC. The zero-order valence-corrected chi connectivity index (χ0v) is 13.7. The van der Waals surface area contributed by atoms with Gasteiger partial charge in [0.1, 0.15) is 11.8 Å². The topological polar surface area (TPSA) is 56.8 Å². The molecule has 0 aromatic heterocycles. The van der Waals surface area contributed by atoms with E-state index >= 15 is 0 Å². The molecule has 0 bridgehead atoms. The summed E-state index contributed by atoms with van der Waals surface area (Å²) in [4.78, 5) is 11.6. The highest BCUT2D eigenvalue weighted by Crippen LogP contribution is 2.58. The summed E-state index contributed by atoms with van der Waals surface area (Å²) in [6, 6.07) is 9.03. The standard InChI is InChI=1S/C13H20NO4PS/c1-10(13(15)16-2)14-12(19(20,17-3)18-4)11-8-6-5-7-9-11/h5-10,12,14H,1-4H3. The molecule has 0 radical (unpaired) electrons. The summed E-state index contributed by atoms with van der Waals surface area (Å²) < 4.78 is 15.5. The number of carbonyl (C=O) groups is 1. The van der Waals surface area contributed by atoms with Crippen LogP contribution in [0.25, 0.3) is 0 Å². The first-order chi connectivity index (χ1) is 9.48. The highest BCUT2D eigenvalue weighted by atomic mass is 32.5. The van der Waals surface area contributed by atoms with Gasteiger partial charge in [-0.1, -0.05) is 30.3 Å². The fourth-order valence-electron chi connectivity index (χ4n) is 1.77. The third-order valence-electron chi connectivity index (χ3n) is 2.90. The first-order valence-corrected chi connectivity index (χ1v) is 8.79. The predicted octanol–water partition coefficient (Wildman–Crippen LogP) is 2.44. The van der Waals surface area contributed by atoms with Crippen LogP contribution >= 0.6 is 6.49 Å². The second kappa shape index (κ2) is 7.86. The van der Waals surface area contributed by atoms with Gasteiger partial charge in [0.05, 0.1) is 7.11 Å². The van der Waals surface area contributed by atoms with Crippen molar-refractivity contribution in [3.63, 3.8) is 0 Å². The summed E-state index contributed by atoms with van der Waals surface area (Å²) >= 11 is 5.50. The van der Waals surface area contributed by atoms with Crippen LogP contribution in [0.15, 0.2) is 30.3 Å². The van der Waals surface area contributed by atoms with Crippen molar-refractivity contribution >= 4 is 24.3 Å². The minimum absolute atomic E-state index is 0.361. The molecule has 0 heterocycles. The van der Waals surface area contributed by atoms with Gasteiger partial charge in [-0.15, -0.1) is 0 Å². The molecule has 0 aliphatic carbocycles. The number of esters is 1. The van der Waals surface area contributed by atoms with E-state index in [9.17, 15) is 4.79 Å². The molecule has 0 aliphatic rings. The van der Waals surface area contributed by atoms with Gasteiger partial charge < -0.3 is 13.8 Å². The van der Waals surface area contributed by atoms with Gasteiger partial charge in [-0.25, -0.2) is 0 Å². The predicted molar refractivity (Wildman–Crippen MR) is 82.1 cm³/mol. The number of ether oxygens (including phenoxy) is 1. The zero-order valence-electron chi connectivity index (χ0n) is 12.0. The normalized spacial score (nSPS) is 14.6. The molecule has 2 unspecified atom stereocenters. The minimum atomic E-state index is -2.60. The van der Waals surface area contributed by atoms with Gasteiger partial charge in [-0.2, -0.15) is 0 Å². The van der Waals surface area contributed by atoms with Crippen molar-refractivity contribution in [1.82, 2.24) is 5.32 Å². The van der Waals surface area contributed by atoms with E-state index in [0.717, 1.165) is 5.56 Å². The lowest BCUT2D eigenvalue weighted by atomic mass is 10.2. The molecule has 1 aromatic carbocycles. The van der Waals surface area contributed by atoms with E-state index < -0.39 is 12.5 Å². The fraction of sp³-hybridized carbons (Fsp3) is 0.462. The summed E-state index contributed by atoms with van der Waals surface area (Å²) in [6.45, 7) is -0.888. The summed E-state index contributed by atoms with van der Waals surface area (Å²) in [5, 5.41) is 3.15. The van der Waals surface area contributed by atoms with Crippen molar-refractivity contribution in [2.45, 2.75) is 18.7 Å². The number of benzene rings is 1. The Morgan fingerprint density at radius 1 is 1.20 bits per heavy atom. The highest BCUT2D eigenvalue weighted by molar-refractivity contribution is 8.10. The van der Waals surface area contributed by atoms with E-state index in [1.165, 1.54) is 21.3 Å². The Balaban J connectivity index is 3.09. The second-order valence-electron chi connectivity index (χ2n) is 4.13. The van der Waals surface area contributed by atoms with Crippen LogP contribution in [0.3, 0.4) is 0 Å². The van der Waals surface area contributed by atoms with Gasteiger partial charge in [-0.05, 0) is 24.3 Å². The molecule has 2 atom stereocenters. The lowest BCUT2D eigenvalue weighted by Gasteiger charge is -2.30. The average Bonchev–Trinajstić information content (AvgIpc) is 2.51. The molecule has 7 heteroatoms. The van der Waals surface area contributed by atoms with Crippen LogP contribution in [0.4, 0.5) is 0 Å². The number of hydrogen-bond donors (Lipinski definition) is 1. The maximum atomic E-state index is 11.6. The number of hydrogen-bond acceptors (Lipinski definition) is 6. The molecule has 1 N–H and O–H groups in total. The lowest BCUT2D eigenvalue weighted by Crippen LogP contribution is -2.37. The fourth-order valence-corrected chi connectivity index (χ4v) is 3.83. The number of carbonyl (C=O) groups excluding carboxylic acids is 1. The smallest absolute Gasteiger partial charge is 0.322 e. The van der Waals surface area contributed by atoms with E-state index in [4.69, 9.17) is 25.6 Å². The second-order valence-corrected chi connectivity index (χ2v) is 7.98. The molecule has 5 nitrogen and oxygen atoms in total. The van der Waals surface area contributed by atoms with Crippen molar-refractivity contribution in [1.29, 1.82) is 0 Å². The molecular formula is C13H20NO4PS. The molecule has 0 saturated heterocycles. The third-order valence-corrected chi connectivity index (χ3v) is 6.53. The number of methoxy groups -OCH3 is 1. The van der Waals surface area contributed by atoms with E-state index in [0.29, 0.717) is 0 Å². The first-order valence-electron chi connectivity index (χ1n) is 6.08. The van der Waals surface area contributed by atoms with Crippen LogP contribution in [0.1, 0.15) is 18.3 Å². The monoisotopic (exact) mass is 317 g/mol. The molecule has 0 fully saturated rings. The Bertz CT molecular complexity index is 475. The average molecular weight is 317 g/mol. The van der Waals surface area contributed by atoms with Gasteiger partial charge >= 0.3 is 5.97 Å². The molecule has 0 amide bonds. The van der Waals surface area contributed by atoms with Gasteiger partial charge in [0.2, 0.25) is 6.49 Å². The minimum Gasteiger partial charge on any atom is -0.468 e. The van der Waals surface area contributed by atoms with E-state index in [1.807, 2.05) is 30.3 Å². The van der Waals surface area contributed by atoms with Crippen LogP contribution < -0.4 is 5.32 Å².